The number of halogens is 5. The second-order valence-electron chi connectivity index (χ2n) is 4.02. The topological polar surface area (TPSA) is 17.1 Å². The number of Topliss-reactive ketones (excluding diaryl/α,β-unsaturated/α-hetero) is 1. The van der Waals surface area contributed by atoms with Gasteiger partial charge in [-0.05, 0) is 40.2 Å². The number of hydrogen-bond donors (Lipinski definition) is 0. The van der Waals surface area contributed by atoms with Gasteiger partial charge < -0.3 is 0 Å². The highest BCUT2D eigenvalue weighted by molar-refractivity contribution is 9.10. The molecule has 0 saturated carbocycles. The van der Waals surface area contributed by atoms with Crippen LogP contribution in [0.15, 0.2) is 38.6 Å². The summed E-state index contributed by atoms with van der Waals surface area (Å²) in [5, 5.41) is 1.82. The minimum Gasteiger partial charge on any atom is -0.294 e. The third-order valence-electron chi connectivity index (χ3n) is 2.55. The van der Waals surface area contributed by atoms with E-state index < -0.39 is 11.7 Å². The molecule has 106 valence electrons. The smallest absolute Gasteiger partial charge is 0.294 e. The van der Waals surface area contributed by atoms with Crippen LogP contribution in [-0.2, 0) is 12.6 Å². The van der Waals surface area contributed by atoms with Crippen LogP contribution in [0, 0.1) is 0 Å². The summed E-state index contributed by atoms with van der Waals surface area (Å²) in [4.78, 5) is 12.9. The van der Waals surface area contributed by atoms with Crippen LogP contribution in [0.1, 0.15) is 20.8 Å². The maximum absolute atomic E-state index is 12.7. The Balaban J connectivity index is 2.29. The van der Waals surface area contributed by atoms with Gasteiger partial charge in [-0.1, -0.05) is 15.9 Å². The van der Waals surface area contributed by atoms with Crippen LogP contribution < -0.4 is 0 Å². The Hall–Kier alpha value is -0.660. The first kappa shape index (κ1) is 15.7. The van der Waals surface area contributed by atoms with Crippen LogP contribution in [0.4, 0.5) is 13.2 Å². The predicted octanol–water partition coefficient (Wildman–Crippen LogP) is 5.72. The minimum atomic E-state index is -4.46. The van der Waals surface area contributed by atoms with Crippen LogP contribution in [0.3, 0.4) is 0 Å². The van der Waals surface area contributed by atoms with Crippen LogP contribution in [-0.4, -0.2) is 5.78 Å². The van der Waals surface area contributed by atoms with Gasteiger partial charge in [0.15, 0.2) is 5.78 Å². The molecule has 1 aromatic carbocycles. The molecule has 0 N–H and O–H groups in total. The van der Waals surface area contributed by atoms with Crippen molar-refractivity contribution < 1.29 is 18.0 Å². The highest BCUT2D eigenvalue weighted by Crippen LogP contribution is 2.32. The van der Waals surface area contributed by atoms with E-state index in [9.17, 15) is 18.0 Å². The minimum absolute atomic E-state index is 0.0457. The number of benzene rings is 1. The predicted molar refractivity (Wildman–Crippen MR) is 79.2 cm³/mol. The lowest BCUT2D eigenvalue weighted by Gasteiger charge is -2.09. The summed E-state index contributed by atoms with van der Waals surface area (Å²) in [6.07, 6.45) is -4.38. The second-order valence-corrected chi connectivity index (χ2v) is 6.79. The summed E-state index contributed by atoms with van der Waals surface area (Å²) >= 11 is 7.78. The Labute approximate surface area is 134 Å². The summed E-state index contributed by atoms with van der Waals surface area (Å²) < 4.78 is 39.2. The summed E-state index contributed by atoms with van der Waals surface area (Å²) in [6.45, 7) is 0. The molecule has 2 rings (SSSR count). The van der Waals surface area contributed by atoms with E-state index in [0.29, 0.717) is 4.47 Å². The molecule has 0 saturated heterocycles. The van der Waals surface area contributed by atoms with E-state index >= 15 is 0 Å². The van der Waals surface area contributed by atoms with Crippen molar-refractivity contribution in [1.29, 1.82) is 0 Å². The molecule has 20 heavy (non-hydrogen) atoms. The van der Waals surface area contributed by atoms with E-state index in [-0.39, 0.29) is 17.8 Å². The van der Waals surface area contributed by atoms with Crippen molar-refractivity contribution in [2.45, 2.75) is 12.6 Å². The lowest BCUT2D eigenvalue weighted by Crippen LogP contribution is -2.09. The summed E-state index contributed by atoms with van der Waals surface area (Å²) in [5.74, 6) is -0.350. The van der Waals surface area contributed by atoms with Gasteiger partial charge in [0.1, 0.15) is 0 Å². The number of thiophene rings is 1. The zero-order valence-corrected chi connectivity index (χ0v) is 13.8. The van der Waals surface area contributed by atoms with Gasteiger partial charge in [0.25, 0.3) is 0 Å². The summed E-state index contributed by atoms with van der Waals surface area (Å²) in [6, 6.07) is 4.86. The molecule has 1 aromatic heterocycles. The van der Waals surface area contributed by atoms with Gasteiger partial charge in [-0.25, -0.2) is 0 Å². The summed E-state index contributed by atoms with van der Waals surface area (Å²) in [7, 11) is 0. The molecule has 0 fully saturated rings. The lowest BCUT2D eigenvalue weighted by molar-refractivity contribution is -0.137. The Morgan fingerprint density at radius 2 is 1.90 bits per heavy atom. The number of rotatable bonds is 3. The first-order valence-electron chi connectivity index (χ1n) is 5.40. The van der Waals surface area contributed by atoms with E-state index in [0.717, 1.165) is 21.5 Å². The zero-order valence-electron chi connectivity index (χ0n) is 9.80. The molecule has 0 aliphatic heterocycles. The van der Waals surface area contributed by atoms with Crippen molar-refractivity contribution in [3.8, 4) is 0 Å². The van der Waals surface area contributed by atoms with Crippen molar-refractivity contribution in [3.05, 3.63) is 54.6 Å². The van der Waals surface area contributed by atoms with E-state index in [1.54, 1.807) is 6.07 Å². The highest BCUT2D eigenvalue weighted by Gasteiger charge is 2.31. The molecule has 0 amide bonds. The van der Waals surface area contributed by atoms with Crippen LogP contribution in [0.2, 0.25) is 0 Å². The molecule has 0 unspecified atom stereocenters. The molecule has 0 radical (unpaired) electrons. The molecular weight excluding hydrogens is 421 g/mol. The van der Waals surface area contributed by atoms with Crippen LogP contribution in [0.25, 0.3) is 0 Å². The monoisotopic (exact) mass is 426 g/mol. The van der Waals surface area contributed by atoms with Crippen molar-refractivity contribution in [2.24, 2.45) is 0 Å². The third-order valence-corrected chi connectivity index (χ3v) is 4.94. The van der Waals surface area contributed by atoms with Crippen molar-refractivity contribution in [3.63, 3.8) is 0 Å². The average molecular weight is 428 g/mol. The van der Waals surface area contributed by atoms with Gasteiger partial charge in [-0.3, -0.25) is 4.79 Å². The molecule has 0 bridgehead atoms. The first-order valence-corrected chi connectivity index (χ1v) is 7.87. The van der Waals surface area contributed by atoms with Crippen LogP contribution >= 0.6 is 43.2 Å². The normalized spacial score (nSPS) is 11.7. The standard InChI is InChI=1S/C13H7Br2F3OS/c14-8-4-9(20-6-8)5-12(19)10-3-7(13(16,17)18)1-2-11(10)15/h1-4,6H,5H2. The molecule has 0 aliphatic carbocycles. The fourth-order valence-corrected chi connectivity index (χ4v) is 3.53. The average Bonchev–Trinajstić information content (AvgIpc) is 2.73. The lowest BCUT2D eigenvalue weighted by atomic mass is 10.0. The maximum Gasteiger partial charge on any atom is 0.416 e. The Bertz CT molecular complexity index is 649. The molecule has 7 heteroatoms. The van der Waals surface area contributed by atoms with E-state index in [2.05, 4.69) is 31.9 Å². The van der Waals surface area contributed by atoms with E-state index in [1.807, 2.05) is 5.38 Å². The molecular formula is C13H7Br2F3OS. The number of ketones is 1. The molecule has 1 heterocycles. The zero-order chi connectivity index (χ0) is 14.9. The van der Waals surface area contributed by atoms with Gasteiger partial charge in [0, 0.05) is 31.2 Å². The van der Waals surface area contributed by atoms with E-state index in [4.69, 9.17) is 0 Å². The number of alkyl halides is 3. The van der Waals surface area contributed by atoms with Crippen molar-refractivity contribution >= 4 is 49.0 Å². The molecule has 0 atom stereocenters. The Kier molecular flexibility index (Phi) is 4.71. The third kappa shape index (κ3) is 3.71. The van der Waals surface area contributed by atoms with E-state index in [1.165, 1.54) is 17.4 Å². The second kappa shape index (κ2) is 5.99. The van der Waals surface area contributed by atoms with Gasteiger partial charge >= 0.3 is 6.18 Å². The summed E-state index contributed by atoms with van der Waals surface area (Å²) in [5.41, 5.74) is -0.777. The van der Waals surface area contributed by atoms with Gasteiger partial charge in [-0.2, -0.15) is 13.2 Å². The number of carbonyl (C=O) groups excluding carboxylic acids is 1. The molecule has 1 nitrogen and oxygen atoms in total. The number of carbonyl (C=O) groups is 1. The highest BCUT2D eigenvalue weighted by atomic mass is 79.9. The first-order chi connectivity index (χ1) is 9.27. The van der Waals surface area contributed by atoms with Gasteiger partial charge in [-0.15, -0.1) is 11.3 Å². The Morgan fingerprint density at radius 1 is 1.20 bits per heavy atom. The SMILES string of the molecule is O=C(Cc1cc(Br)cs1)c1cc(C(F)(F)F)ccc1Br. The molecule has 0 aliphatic rings. The fraction of sp³-hybridized carbons (Fsp3) is 0.154. The fourth-order valence-electron chi connectivity index (χ4n) is 1.62. The maximum atomic E-state index is 12.7. The quantitative estimate of drug-likeness (QED) is 0.572. The van der Waals surface area contributed by atoms with Crippen molar-refractivity contribution in [1.82, 2.24) is 0 Å². The van der Waals surface area contributed by atoms with Gasteiger partial charge in [0.05, 0.1) is 5.56 Å². The molecule has 2 aromatic rings. The molecule has 0 spiro atoms. The van der Waals surface area contributed by atoms with Crippen LogP contribution in [0.5, 0.6) is 0 Å². The Morgan fingerprint density at radius 3 is 2.45 bits per heavy atom. The van der Waals surface area contributed by atoms with Gasteiger partial charge in [0.2, 0.25) is 0 Å². The van der Waals surface area contributed by atoms with Crippen molar-refractivity contribution in [2.75, 3.05) is 0 Å². The largest absolute Gasteiger partial charge is 0.416 e. The number of hydrogen-bond acceptors (Lipinski definition) is 2.